The van der Waals surface area contributed by atoms with Crippen LogP contribution in [0.5, 0.6) is 0 Å². The van der Waals surface area contributed by atoms with Gasteiger partial charge in [0.1, 0.15) is 5.54 Å². The number of thiophene rings is 1. The zero-order chi connectivity index (χ0) is 19.6. The van der Waals surface area contributed by atoms with E-state index in [0.717, 1.165) is 23.6 Å². The summed E-state index contributed by atoms with van der Waals surface area (Å²) in [6.45, 7) is 7.82. The molecule has 0 unspecified atom stereocenters. The molecule has 1 aliphatic rings. The van der Waals surface area contributed by atoms with Crippen molar-refractivity contribution < 1.29 is 9.21 Å². The van der Waals surface area contributed by atoms with Crippen LogP contribution >= 0.6 is 23.1 Å². The highest BCUT2D eigenvalue weighted by molar-refractivity contribution is 7.99. The van der Waals surface area contributed by atoms with Crippen molar-refractivity contribution in [1.82, 2.24) is 15.5 Å². The van der Waals surface area contributed by atoms with Crippen LogP contribution in [0.4, 0.5) is 0 Å². The van der Waals surface area contributed by atoms with E-state index in [1.165, 1.54) is 28.6 Å². The van der Waals surface area contributed by atoms with E-state index < -0.39 is 5.54 Å². The molecular formula is C19H24N4O2S2. The van der Waals surface area contributed by atoms with E-state index >= 15 is 0 Å². The maximum atomic E-state index is 12.2. The summed E-state index contributed by atoms with van der Waals surface area (Å²) in [6.07, 6.45) is 3.45. The molecule has 2 heterocycles. The van der Waals surface area contributed by atoms with Crippen LogP contribution in [-0.2, 0) is 17.6 Å². The zero-order valence-corrected chi connectivity index (χ0v) is 17.7. The molecular weight excluding hydrogens is 380 g/mol. The molecule has 2 atom stereocenters. The molecule has 0 aromatic carbocycles. The molecule has 1 amide bonds. The van der Waals surface area contributed by atoms with Crippen molar-refractivity contribution in [1.29, 1.82) is 5.26 Å². The molecule has 2 aromatic heterocycles. The minimum Gasteiger partial charge on any atom is -0.410 e. The number of rotatable bonds is 6. The van der Waals surface area contributed by atoms with E-state index in [9.17, 15) is 10.1 Å². The third kappa shape index (κ3) is 4.53. The summed E-state index contributed by atoms with van der Waals surface area (Å²) in [6, 6.07) is 4.33. The van der Waals surface area contributed by atoms with E-state index in [4.69, 9.17) is 4.42 Å². The van der Waals surface area contributed by atoms with Crippen molar-refractivity contribution >= 4 is 29.0 Å². The molecule has 0 bridgehead atoms. The summed E-state index contributed by atoms with van der Waals surface area (Å²) >= 11 is 2.91. The molecule has 3 rings (SSSR count). The van der Waals surface area contributed by atoms with Crippen LogP contribution in [0.3, 0.4) is 0 Å². The van der Waals surface area contributed by atoms with Gasteiger partial charge in [-0.3, -0.25) is 4.79 Å². The Morgan fingerprint density at radius 3 is 3.04 bits per heavy atom. The lowest BCUT2D eigenvalue weighted by Gasteiger charge is -2.27. The van der Waals surface area contributed by atoms with Gasteiger partial charge in [-0.05, 0) is 49.7 Å². The Morgan fingerprint density at radius 1 is 1.56 bits per heavy atom. The van der Waals surface area contributed by atoms with Gasteiger partial charge in [-0.15, -0.1) is 21.5 Å². The number of fused-ring (bicyclic) bond motifs is 1. The molecule has 0 spiro atoms. The van der Waals surface area contributed by atoms with Crippen molar-refractivity contribution in [2.24, 2.45) is 11.8 Å². The number of hydrogen-bond acceptors (Lipinski definition) is 7. The predicted molar refractivity (Wildman–Crippen MR) is 107 cm³/mol. The van der Waals surface area contributed by atoms with E-state index in [1.54, 1.807) is 18.3 Å². The van der Waals surface area contributed by atoms with Crippen molar-refractivity contribution in [2.45, 2.75) is 57.7 Å². The van der Waals surface area contributed by atoms with Crippen LogP contribution in [0.2, 0.25) is 0 Å². The number of aryl methyl sites for hydroxylation is 1. The molecule has 8 heteroatoms. The summed E-state index contributed by atoms with van der Waals surface area (Å²) in [4.78, 5) is 14.6. The maximum absolute atomic E-state index is 12.2. The second-order valence-electron chi connectivity index (χ2n) is 7.59. The molecule has 0 saturated carbocycles. The first kappa shape index (κ1) is 19.9. The number of aromatic nitrogens is 2. The Kier molecular flexibility index (Phi) is 5.92. The Morgan fingerprint density at radius 2 is 2.33 bits per heavy atom. The fourth-order valence-corrected chi connectivity index (χ4v) is 4.63. The molecule has 0 aliphatic heterocycles. The largest absolute Gasteiger partial charge is 0.410 e. The summed E-state index contributed by atoms with van der Waals surface area (Å²) < 4.78 is 5.73. The summed E-state index contributed by atoms with van der Waals surface area (Å²) in [5.41, 5.74) is 0.509. The molecule has 1 aliphatic carbocycles. The average molecular weight is 405 g/mol. The number of carbonyl (C=O) groups excluding carboxylic acids is 1. The van der Waals surface area contributed by atoms with Gasteiger partial charge in [-0.25, -0.2) is 0 Å². The number of nitrogens with zero attached hydrogens (tertiary/aromatic N) is 3. The average Bonchev–Trinajstić information content (AvgIpc) is 3.25. The van der Waals surface area contributed by atoms with Crippen LogP contribution in [0, 0.1) is 23.2 Å². The summed E-state index contributed by atoms with van der Waals surface area (Å²) in [7, 11) is 0. The van der Waals surface area contributed by atoms with Gasteiger partial charge in [0.2, 0.25) is 5.91 Å². The number of carbonyl (C=O) groups is 1. The highest BCUT2D eigenvalue weighted by atomic mass is 32.2. The first-order valence-corrected chi connectivity index (χ1v) is 10.9. The predicted octanol–water partition coefficient (Wildman–Crippen LogP) is 4.07. The topological polar surface area (TPSA) is 91.8 Å². The third-order valence-corrected chi connectivity index (χ3v) is 7.10. The van der Waals surface area contributed by atoms with Gasteiger partial charge in [-0.2, -0.15) is 5.26 Å². The fraction of sp³-hybridized carbons (Fsp3) is 0.579. The van der Waals surface area contributed by atoms with E-state index in [1.807, 2.05) is 13.8 Å². The normalized spacial score (nSPS) is 18.6. The lowest BCUT2D eigenvalue weighted by atomic mass is 9.90. The van der Waals surface area contributed by atoms with Crippen LogP contribution in [0.15, 0.2) is 15.7 Å². The van der Waals surface area contributed by atoms with Crippen molar-refractivity contribution in [2.75, 3.05) is 5.75 Å². The number of hydrogen-bond donors (Lipinski definition) is 1. The summed E-state index contributed by atoms with van der Waals surface area (Å²) in [5.74, 6) is 1.15. The van der Waals surface area contributed by atoms with Crippen LogP contribution in [0.1, 0.15) is 44.6 Å². The van der Waals surface area contributed by atoms with Gasteiger partial charge in [0, 0.05) is 4.88 Å². The van der Waals surface area contributed by atoms with Gasteiger partial charge in [0.15, 0.2) is 0 Å². The van der Waals surface area contributed by atoms with Crippen molar-refractivity contribution in [3.8, 4) is 16.8 Å². The monoisotopic (exact) mass is 404 g/mol. The minimum absolute atomic E-state index is 0.0130. The number of nitriles is 1. The van der Waals surface area contributed by atoms with Gasteiger partial charge in [0.25, 0.3) is 11.1 Å². The Balaban J connectivity index is 1.60. The molecule has 144 valence electrons. The number of thioether (sulfide) groups is 1. The van der Waals surface area contributed by atoms with Gasteiger partial charge < -0.3 is 9.73 Å². The minimum atomic E-state index is -0.884. The van der Waals surface area contributed by atoms with E-state index in [0.29, 0.717) is 11.1 Å². The molecule has 0 fully saturated rings. The number of amides is 1. The van der Waals surface area contributed by atoms with Crippen molar-refractivity contribution in [3.63, 3.8) is 0 Å². The molecule has 6 nitrogen and oxygen atoms in total. The zero-order valence-electron chi connectivity index (χ0n) is 16.0. The highest BCUT2D eigenvalue weighted by Crippen LogP contribution is 2.37. The highest BCUT2D eigenvalue weighted by Gasteiger charge is 2.30. The Bertz CT molecular complexity index is 867. The molecule has 1 N–H and O–H groups in total. The van der Waals surface area contributed by atoms with Gasteiger partial charge >= 0.3 is 0 Å². The molecule has 27 heavy (non-hydrogen) atoms. The van der Waals surface area contributed by atoms with Gasteiger partial charge in [0.05, 0.1) is 16.7 Å². The second kappa shape index (κ2) is 8.03. The Hall–Kier alpha value is -1.85. The molecule has 2 aromatic rings. The summed E-state index contributed by atoms with van der Waals surface area (Å²) in [5, 5.41) is 20.6. The van der Waals surface area contributed by atoms with Crippen molar-refractivity contribution in [3.05, 3.63) is 16.5 Å². The van der Waals surface area contributed by atoms with E-state index in [-0.39, 0.29) is 17.6 Å². The van der Waals surface area contributed by atoms with Crippen LogP contribution in [-0.4, -0.2) is 27.4 Å². The van der Waals surface area contributed by atoms with Crippen LogP contribution in [0.25, 0.3) is 10.8 Å². The van der Waals surface area contributed by atoms with Crippen LogP contribution < -0.4 is 5.32 Å². The smallest absolute Gasteiger partial charge is 0.277 e. The first-order valence-electron chi connectivity index (χ1n) is 9.11. The maximum Gasteiger partial charge on any atom is 0.277 e. The lowest BCUT2D eigenvalue weighted by Crippen LogP contribution is -2.49. The SMILES string of the molecule is CC(C)[C@](C)(C#N)NC(=O)CSc1nnc(-c2cc3c(s2)CC[C@H](C)C3)o1. The van der Waals surface area contributed by atoms with E-state index in [2.05, 4.69) is 34.6 Å². The standard InChI is InChI=1S/C19H24N4O2S2/c1-11(2)19(4,10-20)21-16(24)9-26-18-23-22-17(25-18)15-8-13-7-12(3)5-6-14(13)27-15/h8,11-12H,5-7,9H2,1-4H3,(H,21,24)/t12-,19-/m0/s1. The Labute approximate surface area is 167 Å². The third-order valence-electron chi connectivity index (χ3n) is 5.06. The first-order chi connectivity index (χ1) is 12.8. The lowest BCUT2D eigenvalue weighted by molar-refractivity contribution is -0.120. The number of nitrogens with one attached hydrogen (secondary N) is 1. The quantitative estimate of drug-likeness (QED) is 0.730. The molecule has 0 radical (unpaired) electrons. The molecule has 0 saturated heterocycles. The second-order valence-corrected chi connectivity index (χ2v) is 9.65. The fourth-order valence-electron chi connectivity index (χ4n) is 2.93. The van der Waals surface area contributed by atoms with Gasteiger partial charge in [-0.1, -0.05) is 32.5 Å².